The fourth-order valence-corrected chi connectivity index (χ4v) is 2.82. The minimum Gasteiger partial charge on any atom is -0.493 e. The molecule has 2 N–H and O–H groups in total. The molecule has 7 nitrogen and oxygen atoms in total. The average molecular weight is 405 g/mol. The molecule has 3 aromatic rings. The van der Waals surface area contributed by atoms with E-state index in [-0.39, 0.29) is 24.1 Å². The van der Waals surface area contributed by atoms with E-state index in [0.717, 1.165) is 10.9 Å². The number of rotatable bonds is 8. The van der Waals surface area contributed by atoms with Crippen LogP contribution in [0.1, 0.15) is 16.1 Å². The van der Waals surface area contributed by atoms with Crippen molar-refractivity contribution >= 4 is 28.8 Å². The lowest BCUT2D eigenvalue weighted by Crippen LogP contribution is -2.34. The first-order valence-corrected chi connectivity index (χ1v) is 9.42. The highest BCUT2D eigenvalue weighted by Gasteiger charge is 2.11. The lowest BCUT2D eigenvalue weighted by Gasteiger charge is -2.10. The van der Waals surface area contributed by atoms with Crippen molar-refractivity contribution in [2.45, 2.75) is 0 Å². The number of carbonyl (C=O) groups excluding carboxylic acids is 2. The van der Waals surface area contributed by atoms with E-state index >= 15 is 0 Å². The second kappa shape index (κ2) is 10.1. The van der Waals surface area contributed by atoms with Crippen molar-refractivity contribution in [3.05, 3.63) is 71.9 Å². The van der Waals surface area contributed by atoms with Crippen molar-refractivity contribution in [1.29, 1.82) is 0 Å². The van der Waals surface area contributed by atoms with Crippen molar-refractivity contribution in [3.63, 3.8) is 0 Å². The second-order valence-corrected chi connectivity index (χ2v) is 6.39. The Labute approximate surface area is 174 Å². The number of benzene rings is 2. The van der Waals surface area contributed by atoms with Crippen LogP contribution in [0.15, 0.2) is 60.7 Å². The Hall–Kier alpha value is -3.87. The molecule has 0 aliphatic rings. The first-order chi connectivity index (χ1) is 14.6. The maximum absolute atomic E-state index is 12.4. The van der Waals surface area contributed by atoms with E-state index in [0.29, 0.717) is 23.6 Å². The van der Waals surface area contributed by atoms with Crippen LogP contribution in [0.5, 0.6) is 11.5 Å². The van der Waals surface area contributed by atoms with Gasteiger partial charge in [0.15, 0.2) is 11.5 Å². The Morgan fingerprint density at radius 3 is 2.37 bits per heavy atom. The molecule has 1 aromatic heterocycles. The molecule has 1 heterocycles. The lowest BCUT2D eigenvalue weighted by atomic mass is 10.1. The molecule has 2 aromatic carbocycles. The molecule has 0 spiro atoms. The van der Waals surface area contributed by atoms with Crippen molar-refractivity contribution in [3.8, 4) is 11.5 Å². The van der Waals surface area contributed by atoms with Crippen LogP contribution in [0.25, 0.3) is 17.0 Å². The van der Waals surface area contributed by atoms with Gasteiger partial charge < -0.3 is 20.1 Å². The van der Waals surface area contributed by atoms with Crippen molar-refractivity contribution < 1.29 is 19.1 Å². The fourth-order valence-electron chi connectivity index (χ4n) is 2.82. The molecule has 154 valence electrons. The summed E-state index contributed by atoms with van der Waals surface area (Å²) in [5.74, 6) is 0.598. The molecule has 0 aliphatic heterocycles. The molecule has 0 fully saturated rings. The summed E-state index contributed by atoms with van der Waals surface area (Å²) in [5.41, 5.74) is 1.85. The third-order valence-corrected chi connectivity index (χ3v) is 4.36. The Kier molecular flexibility index (Phi) is 7.00. The third-order valence-electron chi connectivity index (χ3n) is 4.36. The molecule has 0 unspecified atom stereocenters. The molecule has 30 heavy (non-hydrogen) atoms. The Morgan fingerprint density at radius 1 is 0.933 bits per heavy atom. The van der Waals surface area contributed by atoms with E-state index in [1.54, 1.807) is 44.6 Å². The van der Waals surface area contributed by atoms with Gasteiger partial charge in [-0.05, 0) is 23.8 Å². The van der Waals surface area contributed by atoms with Crippen LogP contribution < -0.4 is 20.1 Å². The normalized spacial score (nSPS) is 10.7. The number of nitrogens with one attached hydrogen (secondary N) is 2. The molecule has 0 radical (unpaired) electrons. The summed E-state index contributed by atoms with van der Waals surface area (Å²) in [6, 6.07) is 16.5. The highest BCUT2D eigenvalue weighted by Crippen LogP contribution is 2.31. The van der Waals surface area contributed by atoms with Gasteiger partial charge >= 0.3 is 0 Å². The maximum Gasteiger partial charge on any atom is 0.269 e. The summed E-state index contributed by atoms with van der Waals surface area (Å²) < 4.78 is 10.6. The van der Waals surface area contributed by atoms with Gasteiger partial charge in [0.2, 0.25) is 5.91 Å². The van der Waals surface area contributed by atoms with Gasteiger partial charge in [0.1, 0.15) is 5.69 Å². The zero-order chi connectivity index (χ0) is 21.3. The van der Waals surface area contributed by atoms with Gasteiger partial charge in [-0.15, -0.1) is 0 Å². The van der Waals surface area contributed by atoms with Crippen molar-refractivity contribution in [1.82, 2.24) is 15.6 Å². The van der Waals surface area contributed by atoms with Crippen LogP contribution >= 0.6 is 0 Å². The van der Waals surface area contributed by atoms with Crippen LogP contribution in [0, 0.1) is 0 Å². The number of hydrogen-bond donors (Lipinski definition) is 2. The van der Waals surface area contributed by atoms with Crippen LogP contribution in [-0.4, -0.2) is 44.1 Å². The van der Waals surface area contributed by atoms with E-state index in [2.05, 4.69) is 15.6 Å². The number of aromatic nitrogens is 1. The summed E-state index contributed by atoms with van der Waals surface area (Å²) in [5, 5.41) is 6.31. The molecule has 0 saturated heterocycles. The van der Waals surface area contributed by atoms with E-state index in [4.69, 9.17) is 9.47 Å². The minimum absolute atomic E-state index is 0.224. The number of hydrogen-bond acceptors (Lipinski definition) is 5. The Morgan fingerprint density at radius 2 is 1.63 bits per heavy atom. The highest BCUT2D eigenvalue weighted by molar-refractivity contribution is 5.95. The van der Waals surface area contributed by atoms with E-state index in [9.17, 15) is 9.59 Å². The lowest BCUT2D eigenvalue weighted by molar-refractivity contribution is -0.116. The number of ether oxygens (including phenoxy) is 2. The number of pyridine rings is 1. The fraction of sp³-hybridized carbons (Fsp3) is 0.174. The van der Waals surface area contributed by atoms with Crippen LogP contribution in [0.2, 0.25) is 0 Å². The number of methoxy groups -OCH3 is 2. The van der Waals surface area contributed by atoms with E-state index in [1.807, 2.05) is 30.3 Å². The first-order valence-electron chi connectivity index (χ1n) is 9.42. The highest BCUT2D eigenvalue weighted by atomic mass is 16.5. The predicted molar refractivity (Wildman–Crippen MR) is 116 cm³/mol. The Balaban J connectivity index is 1.52. The van der Waals surface area contributed by atoms with Gasteiger partial charge in [0.25, 0.3) is 5.91 Å². The quantitative estimate of drug-likeness (QED) is 0.444. The van der Waals surface area contributed by atoms with Crippen LogP contribution in [-0.2, 0) is 4.79 Å². The number of fused-ring (bicyclic) bond motifs is 1. The van der Waals surface area contributed by atoms with Gasteiger partial charge in [-0.25, -0.2) is 4.98 Å². The van der Waals surface area contributed by atoms with E-state index in [1.165, 1.54) is 6.08 Å². The summed E-state index contributed by atoms with van der Waals surface area (Å²) in [7, 11) is 3.11. The zero-order valence-corrected chi connectivity index (χ0v) is 16.8. The SMILES string of the molecule is COc1cc2ccc(C(=O)NCCNC(=O)C=Cc3ccccc3)nc2cc1OC. The molecule has 3 rings (SSSR count). The van der Waals surface area contributed by atoms with Crippen LogP contribution in [0.3, 0.4) is 0 Å². The molecular formula is C23H23N3O4. The van der Waals surface area contributed by atoms with E-state index < -0.39 is 0 Å². The third kappa shape index (κ3) is 5.35. The summed E-state index contributed by atoms with van der Waals surface area (Å²) in [6.07, 6.45) is 3.19. The van der Waals surface area contributed by atoms with Crippen molar-refractivity contribution in [2.24, 2.45) is 0 Å². The summed E-state index contributed by atoms with van der Waals surface area (Å²) in [4.78, 5) is 28.6. The number of carbonyl (C=O) groups is 2. The van der Waals surface area contributed by atoms with Gasteiger partial charge in [0.05, 0.1) is 19.7 Å². The van der Waals surface area contributed by atoms with Gasteiger partial charge in [0, 0.05) is 30.6 Å². The first kappa shape index (κ1) is 20.9. The molecule has 0 saturated carbocycles. The molecule has 0 atom stereocenters. The van der Waals surface area contributed by atoms with Crippen LogP contribution in [0.4, 0.5) is 0 Å². The monoisotopic (exact) mass is 405 g/mol. The largest absolute Gasteiger partial charge is 0.493 e. The molecule has 0 bridgehead atoms. The standard InChI is InChI=1S/C23H23N3O4/c1-29-20-14-17-9-10-18(26-19(17)15-21(20)30-2)23(28)25-13-12-24-22(27)11-8-16-6-4-3-5-7-16/h3-11,14-15H,12-13H2,1-2H3,(H,24,27)(H,25,28). The average Bonchev–Trinajstić information content (AvgIpc) is 2.79. The molecular weight excluding hydrogens is 382 g/mol. The smallest absolute Gasteiger partial charge is 0.269 e. The number of amides is 2. The van der Waals surface area contributed by atoms with Gasteiger partial charge in [-0.3, -0.25) is 9.59 Å². The number of nitrogens with zero attached hydrogens (tertiary/aromatic N) is 1. The molecule has 0 aliphatic carbocycles. The Bertz CT molecular complexity index is 1060. The van der Waals surface area contributed by atoms with Gasteiger partial charge in [-0.2, -0.15) is 0 Å². The maximum atomic E-state index is 12.4. The van der Waals surface area contributed by atoms with Crippen molar-refractivity contribution in [2.75, 3.05) is 27.3 Å². The predicted octanol–water partition coefficient (Wildman–Crippen LogP) is 2.81. The topological polar surface area (TPSA) is 89.6 Å². The molecule has 2 amide bonds. The summed E-state index contributed by atoms with van der Waals surface area (Å²) >= 11 is 0. The second-order valence-electron chi connectivity index (χ2n) is 6.39. The zero-order valence-electron chi connectivity index (χ0n) is 16.8. The molecule has 7 heteroatoms. The minimum atomic E-state index is -0.319. The van der Waals surface area contributed by atoms with Gasteiger partial charge in [-0.1, -0.05) is 36.4 Å². The summed E-state index contributed by atoms with van der Waals surface area (Å²) in [6.45, 7) is 0.595.